The Morgan fingerprint density at radius 1 is 1.78 bits per heavy atom. The first kappa shape index (κ1) is 6.03. The summed E-state index contributed by atoms with van der Waals surface area (Å²) in [6, 6.07) is -0.970. The summed E-state index contributed by atoms with van der Waals surface area (Å²) >= 11 is 0. The quantitative estimate of drug-likeness (QED) is 0.415. The number of rotatable bonds is 1. The van der Waals surface area contributed by atoms with Gasteiger partial charge in [-0.25, -0.2) is 4.79 Å². The fourth-order valence-corrected chi connectivity index (χ4v) is 0.532. The first-order valence-electron chi connectivity index (χ1n) is 2.32. The molecule has 0 aromatic carbocycles. The predicted octanol–water partition coefficient (Wildman–Crippen LogP) is -1.68. The molecule has 0 bridgehead atoms. The van der Waals surface area contributed by atoms with Crippen molar-refractivity contribution >= 4 is 11.9 Å². The van der Waals surface area contributed by atoms with E-state index in [0.29, 0.717) is 0 Å². The number of hydrogen-bond acceptors (Lipinski definition) is 4. The third-order valence-corrected chi connectivity index (χ3v) is 1.08. The van der Waals surface area contributed by atoms with Crippen molar-refractivity contribution in [1.82, 2.24) is 0 Å². The molecular formula is C4H5NO4. The van der Waals surface area contributed by atoms with E-state index in [1.54, 1.807) is 0 Å². The SMILES string of the molecule is NC1C(=O)OC1C(=O)O. The summed E-state index contributed by atoms with van der Waals surface area (Å²) in [5.41, 5.74) is 5.01. The minimum atomic E-state index is -1.19. The maximum atomic E-state index is 10.1. The average molecular weight is 131 g/mol. The van der Waals surface area contributed by atoms with E-state index in [2.05, 4.69) is 4.74 Å². The lowest BCUT2D eigenvalue weighted by Gasteiger charge is -2.28. The van der Waals surface area contributed by atoms with Crippen LogP contribution in [0.25, 0.3) is 0 Å². The first-order chi connectivity index (χ1) is 4.13. The van der Waals surface area contributed by atoms with Gasteiger partial charge in [0.2, 0.25) is 6.10 Å². The van der Waals surface area contributed by atoms with Gasteiger partial charge in [0.15, 0.2) is 6.04 Å². The molecule has 0 aromatic rings. The molecule has 50 valence electrons. The van der Waals surface area contributed by atoms with E-state index in [0.717, 1.165) is 0 Å². The number of carboxylic acid groups (broad SMARTS) is 1. The van der Waals surface area contributed by atoms with Gasteiger partial charge in [0.05, 0.1) is 0 Å². The molecule has 1 saturated heterocycles. The Bertz CT molecular complexity index is 166. The monoisotopic (exact) mass is 131 g/mol. The van der Waals surface area contributed by atoms with Gasteiger partial charge in [-0.1, -0.05) is 0 Å². The van der Waals surface area contributed by atoms with Crippen molar-refractivity contribution in [1.29, 1.82) is 0 Å². The zero-order chi connectivity index (χ0) is 7.02. The van der Waals surface area contributed by atoms with Gasteiger partial charge in [0.1, 0.15) is 0 Å². The number of carboxylic acids is 1. The maximum absolute atomic E-state index is 10.1. The molecule has 5 nitrogen and oxygen atoms in total. The minimum absolute atomic E-state index is 0.651. The average Bonchev–Trinajstić information content (AvgIpc) is 1.81. The summed E-state index contributed by atoms with van der Waals surface area (Å²) in [4.78, 5) is 20.1. The van der Waals surface area contributed by atoms with Crippen molar-refractivity contribution in [3.63, 3.8) is 0 Å². The molecule has 1 rings (SSSR count). The highest BCUT2D eigenvalue weighted by Gasteiger charge is 2.44. The number of esters is 1. The van der Waals surface area contributed by atoms with Crippen molar-refractivity contribution in [2.24, 2.45) is 5.73 Å². The molecule has 0 aromatic heterocycles. The van der Waals surface area contributed by atoms with E-state index >= 15 is 0 Å². The van der Waals surface area contributed by atoms with Crippen LogP contribution in [0.5, 0.6) is 0 Å². The molecule has 9 heavy (non-hydrogen) atoms. The highest BCUT2D eigenvalue weighted by Crippen LogP contribution is 2.11. The number of aliphatic carboxylic acids is 1. The van der Waals surface area contributed by atoms with E-state index in [1.807, 2.05) is 0 Å². The standard InChI is InChI=1S/C4H5NO4/c5-1-2(3(6)7)9-4(1)8/h1-2H,5H2,(H,6,7). The Hall–Kier alpha value is -1.10. The highest BCUT2D eigenvalue weighted by molar-refractivity contribution is 5.93. The summed E-state index contributed by atoms with van der Waals surface area (Å²) in [5, 5.41) is 8.16. The van der Waals surface area contributed by atoms with Crippen molar-refractivity contribution in [2.45, 2.75) is 12.1 Å². The molecule has 2 atom stereocenters. The zero-order valence-electron chi connectivity index (χ0n) is 4.40. The summed E-state index contributed by atoms with van der Waals surface area (Å²) in [6.07, 6.45) is -1.13. The van der Waals surface area contributed by atoms with Crippen LogP contribution in [0.1, 0.15) is 0 Å². The molecule has 2 unspecified atom stereocenters. The van der Waals surface area contributed by atoms with Crippen LogP contribution in [-0.4, -0.2) is 29.2 Å². The van der Waals surface area contributed by atoms with Gasteiger partial charge in [-0.2, -0.15) is 0 Å². The highest BCUT2D eigenvalue weighted by atomic mass is 16.6. The molecule has 3 N–H and O–H groups in total. The number of cyclic esters (lactones) is 1. The van der Waals surface area contributed by atoms with Crippen LogP contribution in [0.15, 0.2) is 0 Å². The summed E-state index contributed by atoms with van der Waals surface area (Å²) in [5.74, 6) is -1.84. The van der Waals surface area contributed by atoms with Crippen LogP contribution < -0.4 is 5.73 Å². The normalized spacial score (nSPS) is 32.8. The number of carbonyl (C=O) groups is 2. The predicted molar refractivity (Wildman–Crippen MR) is 25.5 cm³/mol. The third kappa shape index (κ3) is 0.746. The maximum Gasteiger partial charge on any atom is 0.347 e. The minimum Gasteiger partial charge on any atom is -0.478 e. The third-order valence-electron chi connectivity index (χ3n) is 1.08. The number of hydrogen-bond donors (Lipinski definition) is 2. The topological polar surface area (TPSA) is 89.6 Å². The van der Waals surface area contributed by atoms with E-state index in [4.69, 9.17) is 10.8 Å². The number of carbonyl (C=O) groups excluding carboxylic acids is 1. The Labute approximate surface area is 50.4 Å². The second-order valence-corrected chi connectivity index (χ2v) is 1.72. The van der Waals surface area contributed by atoms with Crippen LogP contribution in [0.2, 0.25) is 0 Å². The fraction of sp³-hybridized carbons (Fsp3) is 0.500. The van der Waals surface area contributed by atoms with E-state index in [-0.39, 0.29) is 0 Å². The van der Waals surface area contributed by atoms with E-state index < -0.39 is 24.1 Å². The van der Waals surface area contributed by atoms with Gasteiger partial charge in [0.25, 0.3) is 0 Å². The van der Waals surface area contributed by atoms with Gasteiger partial charge in [0, 0.05) is 0 Å². The van der Waals surface area contributed by atoms with Crippen LogP contribution in [0.4, 0.5) is 0 Å². The molecule has 0 spiro atoms. The molecule has 0 aliphatic carbocycles. The second kappa shape index (κ2) is 1.70. The molecule has 0 radical (unpaired) electrons. The Morgan fingerprint density at radius 2 is 2.33 bits per heavy atom. The second-order valence-electron chi connectivity index (χ2n) is 1.72. The zero-order valence-corrected chi connectivity index (χ0v) is 4.40. The van der Waals surface area contributed by atoms with Crippen molar-refractivity contribution < 1.29 is 19.4 Å². The lowest BCUT2D eigenvalue weighted by molar-refractivity contribution is -0.186. The van der Waals surface area contributed by atoms with Crippen LogP contribution in [-0.2, 0) is 14.3 Å². The summed E-state index contributed by atoms with van der Waals surface area (Å²) in [6.45, 7) is 0. The van der Waals surface area contributed by atoms with Crippen LogP contribution in [0.3, 0.4) is 0 Å². The van der Waals surface area contributed by atoms with Crippen LogP contribution >= 0.6 is 0 Å². The molecule has 0 saturated carbocycles. The molecule has 5 heteroatoms. The van der Waals surface area contributed by atoms with Gasteiger partial charge >= 0.3 is 11.9 Å². The molecule has 1 heterocycles. The largest absolute Gasteiger partial charge is 0.478 e. The number of nitrogens with two attached hydrogens (primary N) is 1. The lowest BCUT2D eigenvalue weighted by atomic mass is 10.1. The van der Waals surface area contributed by atoms with Gasteiger partial charge in [-0.05, 0) is 0 Å². The van der Waals surface area contributed by atoms with E-state index in [9.17, 15) is 9.59 Å². The fourth-order valence-electron chi connectivity index (χ4n) is 0.532. The van der Waals surface area contributed by atoms with Crippen molar-refractivity contribution in [2.75, 3.05) is 0 Å². The van der Waals surface area contributed by atoms with Crippen molar-refractivity contribution in [3.8, 4) is 0 Å². The summed E-state index contributed by atoms with van der Waals surface area (Å²) < 4.78 is 4.15. The Kier molecular flexibility index (Phi) is 1.14. The van der Waals surface area contributed by atoms with Crippen LogP contribution in [0, 0.1) is 0 Å². The molecular weight excluding hydrogens is 126 g/mol. The van der Waals surface area contributed by atoms with Gasteiger partial charge < -0.3 is 15.6 Å². The van der Waals surface area contributed by atoms with E-state index in [1.165, 1.54) is 0 Å². The summed E-state index contributed by atoms with van der Waals surface area (Å²) in [7, 11) is 0. The lowest BCUT2D eigenvalue weighted by Crippen LogP contribution is -2.59. The van der Waals surface area contributed by atoms with Gasteiger partial charge in [-0.3, -0.25) is 4.79 Å². The van der Waals surface area contributed by atoms with Gasteiger partial charge in [-0.15, -0.1) is 0 Å². The smallest absolute Gasteiger partial charge is 0.347 e. The molecule has 1 aliphatic rings. The molecule has 1 fully saturated rings. The first-order valence-corrected chi connectivity index (χ1v) is 2.32. The molecule has 1 aliphatic heterocycles. The Morgan fingerprint density at radius 3 is 2.44 bits per heavy atom. The van der Waals surface area contributed by atoms with Crippen molar-refractivity contribution in [3.05, 3.63) is 0 Å². The molecule has 0 amide bonds. The Balaban J connectivity index is 2.51. The number of ether oxygens (including phenoxy) is 1.